The lowest BCUT2D eigenvalue weighted by atomic mass is 9.63. The number of aromatic nitrogens is 1. The second-order valence-corrected chi connectivity index (χ2v) is 10.8. The highest BCUT2D eigenvalue weighted by Gasteiger charge is 2.56. The SMILES string of the molecule is CC1(C)C2CC[C@@]1(C)CN(C(=O)O)C2.COc1ccc(N2CCOCC2)c2sc(N)nc12. The highest BCUT2D eigenvalue weighted by atomic mass is 32.1. The van der Waals surface area contributed by atoms with Crippen LogP contribution < -0.4 is 15.4 Å². The third-order valence-electron chi connectivity index (χ3n) is 7.95. The Kier molecular flexibility index (Phi) is 6.15. The summed E-state index contributed by atoms with van der Waals surface area (Å²) < 4.78 is 11.8. The van der Waals surface area contributed by atoms with Crippen molar-refractivity contribution in [2.75, 3.05) is 57.1 Å². The molecule has 0 radical (unpaired) electrons. The molecule has 1 aromatic heterocycles. The Morgan fingerprint density at radius 2 is 2.03 bits per heavy atom. The van der Waals surface area contributed by atoms with Crippen molar-refractivity contribution in [3.8, 4) is 5.75 Å². The van der Waals surface area contributed by atoms with Gasteiger partial charge in [0.25, 0.3) is 0 Å². The normalized spacial score (nSPS) is 26.6. The molecular formula is C23H34N4O4S. The fourth-order valence-corrected chi connectivity index (χ4v) is 6.26. The first-order valence-electron chi connectivity index (χ1n) is 11.2. The standard InChI is InChI=1S/C12H15N3O2S.C11H19NO2/c1-16-9-3-2-8(15-4-6-17-7-5-15)11-10(9)14-12(13)18-11;1-10(2)8-4-5-11(10,3)7-12(6-8)9(13)14/h2-3H,4-7H2,1H3,(H2,13,14);8H,4-7H2,1-3H3,(H,13,14)/t;8?,11-/m.0/s1. The Balaban J connectivity index is 0.000000158. The van der Waals surface area contributed by atoms with Crippen LogP contribution >= 0.6 is 11.3 Å². The predicted molar refractivity (Wildman–Crippen MR) is 128 cm³/mol. The molecule has 1 amide bonds. The monoisotopic (exact) mass is 462 g/mol. The van der Waals surface area contributed by atoms with Gasteiger partial charge >= 0.3 is 6.09 Å². The molecule has 8 nitrogen and oxygen atoms in total. The van der Waals surface area contributed by atoms with E-state index in [4.69, 9.17) is 20.3 Å². The van der Waals surface area contributed by atoms with Gasteiger partial charge in [0.05, 0.1) is 30.7 Å². The number of hydrogen-bond acceptors (Lipinski definition) is 7. The zero-order chi connectivity index (χ0) is 23.1. The van der Waals surface area contributed by atoms with Crippen LogP contribution in [0.25, 0.3) is 10.2 Å². The van der Waals surface area contributed by atoms with Crippen molar-refractivity contribution < 1.29 is 19.4 Å². The maximum atomic E-state index is 11.0. The maximum absolute atomic E-state index is 11.0. The molecule has 1 aromatic carbocycles. The maximum Gasteiger partial charge on any atom is 0.407 e. The van der Waals surface area contributed by atoms with Crippen LogP contribution in [0, 0.1) is 16.7 Å². The third-order valence-corrected chi connectivity index (χ3v) is 8.85. The number of morpholine rings is 1. The summed E-state index contributed by atoms with van der Waals surface area (Å²) in [5.74, 6) is 1.33. The Labute approximate surface area is 193 Å². The molecule has 2 saturated heterocycles. The summed E-state index contributed by atoms with van der Waals surface area (Å²) >= 11 is 1.51. The quantitative estimate of drug-likeness (QED) is 0.691. The number of piperidine rings is 1. The van der Waals surface area contributed by atoms with E-state index in [9.17, 15) is 4.79 Å². The first-order valence-corrected chi connectivity index (χ1v) is 12.0. The Bertz CT molecular complexity index is 988. The number of carboxylic acid groups (broad SMARTS) is 1. The zero-order valence-electron chi connectivity index (χ0n) is 19.4. The van der Waals surface area contributed by atoms with Crippen LogP contribution in [-0.2, 0) is 4.74 Å². The van der Waals surface area contributed by atoms with Gasteiger partial charge in [0.15, 0.2) is 5.13 Å². The van der Waals surface area contributed by atoms with Gasteiger partial charge in [-0.3, -0.25) is 0 Å². The van der Waals surface area contributed by atoms with Crippen LogP contribution in [0.5, 0.6) is 5.75 Å². The van der Waals surface area contributed by atoms with E-state index in [-0.39, 0.29) is 5.41 Å². The highest BCUT2D eigenvalue weighted by Crippen LogP contribution is 2.58. The number of ether oxygens (including phenoxy) is 2. The number of thiazole rings is 1. The van der Waals surface area contributed by atoms with Crippen molar-refractivity contribution in [1.82, 2.24) is 9.88 Å². The molecule has 0 spiro atoms. The number of hydrogen-bond donors (Lipinski definition) is 2. The Morgan fingerprint density at radius 1 is 1.31 bits per heavy atom. The van der Waals surface area contributed by atoms with E-state index < -0.39 is 6.09 Å². The molecule has 3 aliphatic rings. The number of benzene rings is 1. The summed E-state index contributed by atoms with van der Waals surface area (Å²) in [5, 5.41) is 9.59. The van der Waals surface area contributed by atoms with E-state index in [0.29, 0.717) is 23.0 Å². The molecular weight excluding hydrogens is 428 g/mol. The molecule has 2 aromatic rings. The fraction of sp³-hybridized carbons (Fsp3) is 0.652. The first-order chi connectivity index (χ1) is 15.2. The van der Waals surface area contributed by atoms with Crippen LogP contribution in [0.3, 0.4) is 0 Å². The molecule has 2 atom stereocenters. The topological polar surface area (TPSA) is 101 Å². The van der Waals surface area contributed by atoms with Gasteiger partial charge < -0.3 is 30.1 Å². The second-order valence-electron chi connectivity index (χ2n) is 9.80. The number of nitrogen functional groups attached to an aromatic ring is 1. The van der Waals surface area contributed by atoms with E-state index in [1.165, 1.54) is 29.9 Å². The highest BCUT2D eigenvalue weighted by molar-refractivity contribution is 7.22. The summed E-state index contributed by atoms with van der Waals surface area (Å²) in [6.07, 6.45) is 1.61. The van der Waals surface area contributed by atoms with Gasteiger partial charge in [-0.1, -0.05) is 32.1 Å². The number of amides is 1. The molecule has 3 heterocycles. The van der Waals surface area contributed by atoms with E-state index >= 15 is 0 Å². The molecule has 1 aliphatic carbocycles. The van der Waals surface area contributed by atoms with Crippen molar-refractivity contribution in [3.63, 3.8) is 0 Å². The molecule has 5 rings (SSSR count). The van der Waals surface area contributed by atoms with Crippen LogP contribution in [0.2, 0.25) is 0 Å². The van der Waals surface area contributed by atoms with Crippen molar-refractivity contribution in [3.05, 3.63) is 12.1 Å². The molecule has 9 heteroatoms. The number of methoxy groups -OCH3 is 1. The average Bonchev–Trinajstić information content (AvgIpc) is 3.16. The first kappa shape index (κ1) is 22.9. The van der Waals surface area contributed by atoms with Crippen molar-refractivity contribution in [2.45, 2.75) is 33.6 Å². The van der Waals surface area contributed by atoms with Gasteiger partial charge in [-0.05, 0) is 41.7 Å². The lowest BCUT2D eigenvalue weighted by Gasteiger charge is -2.49. The minimum absolute atomic E-state index is 0.189. The van der Waals surface area contributed by atoms with Gasteiger partial charge in [-0.15, -0.1) is 0 Å². The molecule has 3 fully saturated rings. The van der Waals surface area contributed by atoms with Gasteiger partial charge in [-0.25, -0.2) is 9.78 Å². The Hall–Kier alpha value is -2.26. The fourth-order valence-electron chi connectivity index (χ4n) is 5.37. The van der Waals surface area contributed by atoms with Crippen LogP contribution in [0.4, 0.5) is 15.6 Å². The van der Waals surface area contributed by atoms with E-state index in [1.807, 2.05) is 6.07 Å². The lowest BCUT2D eigenvalue weighted by Crippen LogP contribution is -2.53. The van der Waals surface area contributed by atoms with Crippen LogP contribution in [-0.4, -0.2) is 67.6 Å². The summed E-state index contributed by atoms with van der Waals surface area (Å²) in [4.78, 5) is 19.2. The summed E-state index contributed by atoms with van der Waals surface area (Å²) in [7, 11) is 1.65. The second kappa shape index (κ2) is 8.59. The third kappa shape index (κ3) is 3.96. The number of fused-ring (bicyclic) bond motifs is 3. The van der Waals surface area contributed by atoms with E-state index in [2.05, 4.69) is 36.7 Å². The molecule has 2 bridgehead atoms. The van der Waals surface area contributed by atoms with Crippen LogP contribution in [0.1, 0.15) is 33.6 Å². The Morgan fingerprint density at radius 3 is 2.66 bits per heavy atom. The number of nitrogens with two attached hydrogens (primary N) is 1. The van der Waals surface area contributed by atoms with Gasteiger partial charge in [0.2, 0.25) is 0 Å². The summed E-state index contributed by atoms with van der Waals surface area (Å²) in [6.45, 7) is 11.6. The minimum Gasteiger partial charge on any atom is -0.494 e. The van der Waals surface area contributed by atoms with Crippen molar-refractivity contribution >= 4 is 38.5 Å². The molecule has 3 N–H and O–H groups in total. The summed E-state index contributed by atoms with van der Waals surface area (Å²) in [6, 6.07) is 4.02. The number of rotatable bonds is 2. The zero-order valence-corrected chi connectivity index (χ0v) is 20.2. The molecule has 32 heavy (non-hydrogen) atoms. The molecule has 1 saturated carbocycles. The van der Waals surface area contributed by atoms with Gasteiger partial charge in [0, 0.05) is 26.2 Å². The molecule has 176 valence electrons. The molecule has 2 aliphatic heterocycles. The van der Waals surface area contributed by atoms with E-state index in [1.54, 1.807) is 12.0 Å². The number of anilines is 2. The number of carbonyl (C=O) groups is 1. The number of nitrogens with zero attached hydrogens (tertiary/aromatic N) is 3. The molecule has 1 unspecified atom stereocenters. The van der Waals surface area contributed by atoms with Crippen molar-refractivity contribution in [1.29, 1.82) is 0 Å². The van der Waals surface area contributed by atoms with Crippen molar-refractivity contribution in [2.24, 2.45) is 16.7 Å². The van der Waals surface area contributed by atoms with Gasteiger partial charge in [-0.2, -0.15) is 0 Å². The van der Waals surface area contributed by atoms with E-state index in [0.717, 1.165) is 48.8 Å². The van der Waals surface area contributed by atoms with Gasteiger partial charge in [0.1, 0.15) is 11.3 Å². The minimum atomic E-state index is -0.751. The number of likely N-dealkylation sites (tertiary alicyclic amines) is 1. The van der Waals surface area contributed by atoms with Crippen LogP contribution in [0.15, 0.2) is 12.1 Å². The largest absolute Gasteiger partial charge is 0.494 e. The average molecular weight is 463 g/mol. The predicted octanol–water partition coefficient (Wildman–Crippen LogP) is 4.15. The lowest BCUT2D eigenvalue weighted by molar-refractivity contribution is -0.0101. The smallest absolute Gasteiger partial charge is 0.407 e. The summed E-state index contributed by atoms with van der Waals surface area (Å²) in [5.41, 5.74) is 8.34.